The van der Waals surface area contributed by atoms with Crippen molar-refractivity contribution in [1.82, 2.24) is 9.80 Å². The summed E-state index contributed by atoms with van der Waals surface area (Å²) in [5.74, 6) is 0.607. The monoisotopic (exact) mass is 524 g/mol. The SMILES string of the molecule is O=C(CC1(COc2ccc(Cl)cc2)CCCN(C(=O)c2ccc(Cl)c(Cl)c2)C1)N1CCOCC1. The predicted octanol–water partition coefficient (Wildman–Crippen LogP) is 5.20. The van der Waals surface area contributed by atoms with Crippen molar-refractivity contribution in [3.8, 4) is 5.75 Å². The summed E-state index contributed by atoms with van der Waals surface area (Å²) in [6.07, 6.45) is 1.85. The molecule has 0 aromatic heterocycles. The quantitative estimate of drug-likeness (QED) is 0.520. The van der Waals surface area contributed by atoms with E-state index in [-0.39, 0.29) is 11.8 Å². The van der Waals surface area contributed by atoms with Crippen molar-refractivity contribution in [1.29, 1.82) is 0 Å². The van der Waals surface area contributed by atoms with Crippen LogP contribution in [0.15, 0.2) is 42.5 Å². The van der Waals surface area contributed by atoms with E-state index < -0.39 is 5.41 Å². The van der Waals surface area contributed by atoms with Gasteiger partial charge in [0.1, 0.15) is 5.75 Å². The van der Waals surface area contributed by atoms with E-state index in [1.165, 1.54) is 0 Å². The zero-order valence-electron chi connectivity index (χ0n) is 18.8. The van der Waals surface area contributed by atoms with Gasteiger partial charge in [-0.3, -0.25) is 9.59 Å². The molecule has 0 spiro atoms. The molecule has 6 nitrogen and oxygen atoms in total. The Morgan fingerprint density at radius 2 is 1.68 bits per heavy atom. The lowest BCUT2D eigenvalue weighted by Crippen LogP contribution is -2.52. The second-order valence-electron chi connectivity index (χ2n) is 8.87. The highest BCUT2D eigenvalue weighted by molar-refractivity contribution is 6.42. The van der Waals surface area contributed by atoms with E-state index in [1.807, 2.05) is 4.90 Å². The summed E-state index contributed by atoms with van der Waals surface area (Å²) in [6, 6.07) is 12.0. The van der Waals surface area contributed by atoms with Gasteiger partial charge in [0.15, 0.2) is 0 Å². The van der Waals surface area contributed by atoms with E-state index in [4.69, 9.17) is 44.3 Å². The molecule has 182 valence electrons. The van der Waals surface area contributed by atoms with E-state index >= 15 is 0 Å². The van der Waals surface area contributed by atoms with Crippen LogP contribution < -0.4 is 4.74 Å². The molecule has 0 radical (unpaired) electrons. The highest BCUT2D eigenvalue weighted by atomic mass is 35.5. The van der Waals surface area contributed by atoms with Gasteiger partial charge in [-0.1, -0.05) is 34.8 Å². The summed E-state index contributed by atoms with van der Waals surface area (Å²) in [6.45, 7) is 3.58. The molecule has 9 heteroatoms. The average molecular weight is 526 g/mol. The Hall–Kier alpha value is -1.99. The highest BCUT2D eigenvalue weighted by Gasteiger charge is 2.41. The molecule has 2 fully saturated rings. The fraction of sp³-hybridized carbons (Fsp3) is 0.440. The van der Waals surface area contributed by atoms with Crippen LogP contribution >= 0.6 is 34.8 Å². The summed E-state index contributed by atoms with van der Waals surface area (Å²) in [5, 5.41) is 1.36. The van der Waals surface area contributed by atoms with Gasteiger partial charge in [0.2, 0.25) is 5.91 Å². The Kier molecular flexibility index (Phi) is 8.25. The van der Waals surface area contributed by atoms with Gasteiger partial charge in [0.05, 0.1) is 29.9 Å². The van der Waals surface area contributed by atoms with Gasteiger partial charge in [-0.05, 0) is 55.3 Å². The third-order valence-corrected chi connectivity index (χ3v) is 7.35. The fourth-order valence-electron chi connectivity index (χ4n) is 4.52. The molecule has 0 aliphatic carbocycles. The summed E-state index contributed by atoms with van der Waals surface area (Å²) in [5.41, 5.74) is -0.0394. The molecule has 0 bridgehead atoms. The lowest BCUT2D eigenvalue weighted by Gasteiger charge is -2.43. The predicted molar refractivity (Wildman–Crippen MR) is 133 cm³/mol. The molecule has 2 aromatic rings. The van der Waals surface area contributed by atoms with E-state index in [2.05, 4.69) is 0 Å². The first-order valence-electron chi connectivity index (χ1n) is 11.3. The number of morpholine rings is 1. The van der Waals surface area contributed by atoms with Crippen LogP contribution in [-0.2, 0) is 9.53 Å². The zero-order chi connectivity index (χ0) is 24.1. The number of halogens is 3. The number of carbonyl (C=O) groups is 2. The minimum absolute atomic E-state index is 0.0619. The van der Waals surface area contributed by atoms with Gasteiger partial charge >= 0.3 is 0 Å². The maximum Gasteiger partial charge on any atom is 0.253 e. The lowest BCUT2D eigenvalue weighted by atomic mass is 9.77. The molecule has 1 unspecified atom stereocenters. The van der Waals surface area contributed by atoms with Gasteiger partial charge in [0, 0.05) is 48.6 Å². The fourth-order valence-corrected chi connectivity index (χ4v) is 4.94. The summed E-state index contributed by atoms with van der Waals surface area (Å²) in [4.78, 5) is 30.2. The van der Waals surface area contributed by atoms with E-state index in [0.717, 1.165) is 12.8 Å². The normalized spacial score (nSPS) is 20.8. The van der Waals surface area contributed by atoms with Crippen molar-refractivity contribution in [2.24, 2.45) is 5.41 Å². The Labute approximate surface area is 214 Å². The maximum absolute atomic E-state index is 13.3. The van der Waals surface area contributed by atoms with Crippen LogP contribution in [0, 0.1) is 5.41 Å². The Bertz CT molecular complexity index is 1030. The largest absolute Gasteiger partial charge is 0.493 e. The number of carbonyl (C=O) groups excluding carboxylic acids is 2. The number of hydrogen-bond acceptors (Lipinski definition) is 4. The minimum Gasteiger partial charge on any atom is -0.493 e. The van der Waals surface area contributed by atoms with E-state index in [0.29, 0.717) is 78.8 Å². The molecule has 2 amide bonds. The van der Waals surface area contributed by atoms with Crippen LogP contribution in [0.1, 0.15) is 29.6 Å². The first-order valence-corrected chi connectivity index (χ1v) is 12.5. The third kappa shape index (κ3) is 6.16. The molecule has 34 heavy (non-hydrogen) atoms. The van der Waals surface area contributed by atoms with Gasteiger partial charge in [-0.2, -0.15) is 0 Å². The second kappa shape index (κ2) is 11.2. The summed E-state index contributed by atoms with van der Waals surface area (Å²) >= 11 is 18.2. The molecule has 2 saturated heterocycles. The Morgan fingerprint density at radius 3 is 2.38 bits per heavy atom. The van der Waals surface area contributed by atoms with Crippen molar-refractivity contribution in [2.75, 3.05) is 46.0 Å². The number of ether oxygens (including phenoxy) is 2. The maximum atomic E-state index is 13.3. The Balaban J connectivity index is 1.53. The van der Waals surface area contributed by atoms with Crippen LogP contribution in [0.3, 0.4) is 0 Å². The zero-order valence-corrected chi connectivity index (χ0v) is 21.0. The van der Waals surface area contributed by atoms with Crippen molar-refractivity contribution >= 4 is 46.6 Å². The molecule has 2 aromatic carbocycles. The van der Waals surface area contributed by atoms with Crippen molar-refractivity contribution in [2.45, 2.75) is 19.3 Å². The summed E-state index contributed by atoms with van der Waals surface area (Å²) < 4.78 is 11.5. The minimum atomic E-state index is -0.515. The Morgan fingerprint density at radius 1 is 0.941 bits per heavy atom. The van der Waals surface area contributed by atoms with Crippen molar-refractivity contribution < 1.29 is 19.1 Å². The van der Waals surface area contributed by atoms with E-state index in [1.54, 1.807) is 47.4 Å². The van der Waals surface area contributed by atoms with E-state index in [9.17, 15) is 9.59 Å². The number of amides is 2. The van der Waals surface area contributed by atoms with Crippen molar-refractivity contribution in [3.63, 3.8) is 0 Å². The first kappa shape index (κ1) is 25.1. The number of hydrogen-bond donors (Lipinski definition) is 0. The molecule has 2 aliphatic rings. The smallest absolute Gasteiger partial charge is 0.253 e. The molecule has 2 aliphatic heterocycles. The molecule has 1 atom stereocenters. The van der Waals surface area contributed by atoms with Crippen molar-refractivity contribution in [3.05, 3.63) is 63.1 Å². The standard InChI is InChI=1S/C25H27Cl3N2O4/c26-19-3-5-20(6-4-19)34-17-25(15-23(31)29-10-12-33-13-11-29)8-1-9-30(16-25)24(32)18-2-7-21(27)22(28)14-18/h2-7,14H,1,8-13,15-17H2. The molecule has 4 rings (SSSR count). The number of benzene rings is 2. The number of likely N-dealkylation sites (tertiary alicyclic amines) is 1. The van der Waals surface area contributed by atoms with Crippen LogP contribution in [0.5, 0.6) is 5.75 Å². The van der Waals surface area contributed by atoms with Crippen LogP contribution in [0.4, 0.5) is 0 Å². The number of nitrogens with zero attached hydrogens (tertiary/aromatic N) is 2. The van der Waals surface area contributed by atoms with Gasteiger partial charge < -0.3 is 19.3 Å². The van der Waals surface area contributed by atoms with Gasteiger partial charge in [0.25, 0.3) is 5.91 Å². The summed E-state index contributed by atoms with van der Waals surface area (Å²) in [7, 11) is 0. The molecular formula is C25H27Cl3N2O4. The third-order valence-electron chi connectivity index (χ3n) is 6.36. The van der Waals surface area contributed by atoms with Crippen LogP contribution in [0.25, 0.3) is 0 Å². The number of piperidine rings is 1. The second-order valence-corrected chi connectivity index (χ2v) is 10.1. The van der Waals surface area contributed by atoms with Gasteiger partial charge in [-0.25, -0.2) is 0 Å². The molecule has 0 saturated carbocycles. The molecule has 0 N–H and O–H groups in total. The number of rotatable bonds is 6. The molecule has 2 heterocycles. The topological polar surface area (TPSA) is 59.1 Å². The highest BCUT2D eigenvalue weighted by Crippen LogP contribution is 2.36. The van der Waals surface area contributed by atoms with Gasteiger partial charge in [-0.15, -0.1) is 0 Å². The molecular weight excluding hydrogens is 499 g/mol. The average Bonchev–Trinajstić information content (AvgIpc) is 2.85. The van der Waals surface area contributed by atoms with Crippen LogP contribution in [0.2, 0.25) is 15.1 Å². The lowest BCUT2D eigenvalue weighted by molar-refractivity contribution is -0.139. The first-order chi connectivity index (χ1) is 16.3. The van der Waals surface area contributed by atoms with Crippen LogP contribution in [-0.4, -0.2) is 67.6 Å².